The maximum Gasteiger partial charge on any atom is 0.252 e. The van der Waals surface area contributed by atoms with Crippen molar-refractivity contribution in [1.29, 1.82) is 0 Å². The molecule has 2 aromatic carbocycles. The van der Waals surface area contributed by atoms with Crippen molar-refractivity contribution in [3.63, 3.8) is 0 Å². The fraction of sp³-hybridized carbons (Fsp3) is 0.0714. The average Bonchev–Trinajstić information content (AvgIpc) is 2.40. The second-order valence-electron chi connectivity index (χ2n) is 3.79. The van der Waals surface area contributed by atoms with Crippen LogP contribution in [0.2, 0.25) is 0 Å². The maximum absolute atomic E-state index is 12.1. The molecule has 0 spiro atoms. The van der Waals surface area contributed by atoms with Gasteiger partial charge in [0.2, 0.25) is 0 Å². The summed E-state index contributed by atoms with van der Waals surface area (Å²) >= 11 is 5.54. The monoisotopic (exact) mass is 415 g/mol. The van der Waals surface area contributed by atoms with Crippen molar-refractivity contribution in [3.05, 3.63) is 67.7 Å². The third-order valence-electron chi connectivity index (χ3n) is 2.47. The van der Waals surface area contributed by atoms with Gasteiger partial charge in [-0.15, -0.1) is 0 Å². The number of carbonyl (C=O) groups is 1. The molecule has 0 radical (unpaired) electrons. The zero-order chi connectivity index (χ0) is 13.0. The van der Waals surface area contributed by atoms with Crippen LogP contribution in [0.25, 0.3) is 0 Å². The van der Waals surface area contributed by atoms with Crippen molar-refractivity contribution < 1.29 is 4.79 Å². The van der Waals surface area contributed by atoms with Gasteiger partial charge in [-0.1, -0.05) is 46.3 Å². The first-order chi connectivity index (χ1) is 8.66. The van der Waals surface area contributed by atoms with Crippen molar-refractivity contribution in [3.8, 4) is 0 Å². The van der Waals surface area contributed by atoms with Crippen LogP contribution >= 0.6 is 38.5 Å². The van der Waals surface area contributed by atoms with Gasteiger partial charge < -0.3 is 5.32 Å². The van der Waals surface area contributed by atoms with E-state index in [4.69, 9.17) is 0 Å². The number of hydrogen-bond donors (Lipinski definition) is 1. The maximum atomic E-state index is 12.1. The zero-order valence-electron chi connectivity index (χ0n) is 9.49. The molecule has 0 fully saturated rings. The Morgan fingerprint density at radius 3 is 2.61 bits per heavy atom. The second kappa shape index (κ2) is 6.33. The van der Waals surface area contributed by atoms with Gasteiger partial charge in [0.15, 0.2) is 0 Å². The van der Waals surface area contributed by atoms with Gasteiger partial charge in [0.25, 0.3) is 5.91 Å². The van der Waals surface area contributed by atoms with Gasteiger partial charge in [0, 0.05) is 14.6 Å². The summed E-state index contributed by atoms with van der Waals surface area (Å²) in [4.78, 5) is 12.1. The molecule has 0 aromatic heterocycles. The predicted molar refractivity (Wildman–Crippen MR) is 84.5 cm³/mol. The molecule has 0 atom stereocenters. The van der Waals surface area contributed by atoms with Gasteiger partial charge in [-0.2, -0.15) is 0 Å². The number of benzene rings is 2. The topological polar surface area (TPSA) is 29.1 Å². The summed E-state index contributed by atoms with van der Waals surface area (Å²) < 4.78 is 1.86. The smallest absolute Gasteiger partial charge is 0.252 e. The molecule has 2 aromatic rings. The number of rotatable bonds is 3. The summed E-state index contributed by atoms with van der Waals surface area (Å²) in [6, 6.07) is 15.6. The number of carbonyl (C=O) groups excluding carboxylic acids is 1. The van der Waals surface area contributed by atoms with Crippen molar-refractivity contribution in [2.45, 2.75) is 6.54 Å². The van der Waals surface area contributed by atoms with Crippen LogP contribution in [0.5, 0.6) is 0 Å². The van der Waals surface area contributed by atoms with Gasteiger partial charge in [0.1, 0.15) is 0 Å². The first-order valence-corrected chi connectivity index (χ1v) is 7.31. The first kappa shape index (κ1) is 13.5. The summed E-state index contributed by atoms with van der Waals surface area (Å²) in [5.74, 6) is -0.0513. The average molecular weight is 416 g/mol. The SMILES string of the molecule is O=C(NCc1ccccc1)c1cc(Br)ccc1I. The number of halogens is 2. The molecule has 0 saturated heterocycles. The van der Waals surface area contributed by atoms with Crippen LogP contribution in [-0.2, 0) is 6.54 Å². The van der Waals surface area contributed by atoms with Crippen LogP contribution in [0.4, 0.5) is 0 Å². The van der Waals surface area contributed by atoms with Crippen molar-refractivity contribution in [2.24, 2.45) is 0 Å². The Labute approximate surface area is 128 Å². The molecule has 0 aliphatic rings. The second-order valence-corrected chi connectivity index (χ2v) is 5.87. The van der Waals surface area contributed by atoms with Crippen molar-refractivity contribution in [2.75, 3.05) is 0 Å². The summed E-state index contributed by atoms with van der Waals surface area (Å²) in [6.45, 7) is 0.544. The molecule has 2 nitrogen and oxygen atoms in total. The Balaban J connectivity index is 2.06. The Bertz CT molecular complexity index is 557. The molecule has 1 N–H and O–H groups in total. The van der Waals surface area contributed by atoms with Crippen molar-refractivity contribution >= 4 is 44.4 Å². The van der Waals surface area contributed by atoms with E-state index in [-0.39, 0.29) is 5.91 Å². The number of amides is 1. The van der Waals surface area contributed by atoms with Gasteiger partial charge in [-0.25, -0.2) is 0 Å². The molecule has 0 unspecified atom stereocenters. The Morgan fingerprint density at radius 2 is 1.89 bits per heavy atom. The molecule has 2 rings (SSSR count). The van der Waals surface area contributed by atoms with Gasteiger partial charge in [0.05, 0.1) is 5.56 Å². The van der Waals surface area contributed by atoms with E-state index in [2.05, 4.69) is 43.8 Å². The van der Waals surface area contributed by atoms with Crippen LogP contribution in [-0.4, -0.2) is 5.91 Å². The molecule has 18 heavy (non-hydrogen) atoms. The van der Waals surface area contributed by atoms with Gasteiger partial charge in [-0.3, -0.25) is 4.79 Å². The molecule has 4 heteroatoms. The standard InChI is InChI=1S/C14H11BrINO/c15-11-6-7-13(16)12(8-11)14(18)17-9-10-4-2-1-3-5-10/h1-8H,9H2,(H,17,18). The van der Waals surface area contributed by atoms with E-state index in [9.17, 15) is 4.79 Å². The summed E-state index contributed by atoms with van der Waals surface area (Å²) in [5, 5.41) is 2.92. The minimum Gasteiger partial charge on any atom is -0.348 e. The molecule has 0 bridgehead atoms. The highest BCUT2D eigenvalue weighted by atomic mass is 127. The number of nitrogens with one attached hydrogen (secondary N) is 1. The summed E-state index contributed by atoms with van der Waals surface area (Å²) in [7, 11) is 0. The van der Waals surface area contributed by atoms with Crippen LogP contribution in [0, 0.1) is 3.57 Å². The lowest BCUT2D eigenvalue weighted by Crippen LogP contribution is -2.23. The largest absolute Gasteiger partial charge is 0.348 e. The van der Waals surface area contributed by atoms with E-state index in [1.54, 1.807) is 0 Å². The minimum atomic E-state index is -0.0513. The van der Waals surface area contributed by atoms with Gasteiger partial charge >= 0.3 is 0 Å². The predicted octanol–water partition coefficient (Wildman–Crippen LogP) is 3.98. The lowest BCUT2D eigenvalue weighted by atomic mass is 10.2. The summed E-state index contributed by atoms with van der Waals surface area (Å²) in [6.07, 6.45) is 0. The highest BCUT2D eigenvalue weighted by Gasteiger charge is 2.09. The van der Waals surface area contributed by atoms with E-state index < -0.39 is 0 Å². The Hall–Kier alpha value is -0.880. The molecule has 0 heterocycles. The van der Waals surface area contributed by atoms with E-state index in [0.717, 1.165) is 13.6 Å². The van der Waals surface area contributed by atoms with Crippen LogP contribution in [0.15, 0.2) is 53.0 Å². The molecule has 92 valence electrons. The summed E-state index contributed by atoms with van der Waals surface area (Å²) in [5.41, 5.74) is 1.79. The third-order valence-corrected chi connectivity index (χ3v) is 3.90. The minimum absolute atomic E-state index is 0.0513. The quantitative estimate of drug-likeness (QED) is 0.754. The normalized spacial score (nSPS) is 10.1. The number of hydrogen-bond acceptors (Lipinski definition) is 1. The lowest BCUT2D eigenvalue weighted by Gasteiger charge is -2.07. The fourth-order valence-electron chi connectivity index (χ4n) is 1.54. The van der Waals surface area contributed by atoms with Gasteiger partial charge in [-0.05, 0) is 46.4 Å². The van der Waals surface area contributed by atoms with Crippen LogP contribution < -0.4 is 5.32 Å². The molecule has 0 aliphatic carbocycles. The fourth-order valence-corrected chi connectivity index (χ4v) is 2.49. The molecule has 1 amide bonds. The van der Waals surface area contributed by atoms with E-state index in [0.29, 0.717) is 12.1 Å². The van der Waals surface area contributed by atoms with Crippen LogP contribution in [0.3, 0.4) is 0 Å². The molecule has 0 aliphatic heterocycles. The Kier molecular flexibility index (Phi) is 4.77. The van der Waals surface area contributed by atoms with E-state index >= 15 is 0 Å². The first-order valence-electron chi connectivity index (χ1n) is 5.44. The lowest BCUT2D eigenvalue weighted by molar-refractivity contribution is 0.0950. The Morgan fingerprint density at radius 1 is 1.17 bits per heavy atom. The molecular weight excluding hydrogens is 405 g/mol. The van der Waals surface area contributed by atoms with E-state index in [1.807, 2.05) is 48.5 Å². The third kappa shape index (κ3) is 3.55. The van der Waals surface area contributed by atoms with Crippen LogP contribution in [0.1, 0.15) is 15.9 Å². The highest BCUT2D eigenvalue weighted by Crippen LogP contribution is 2.18. The highest BCUT2D eigenvalue weighted by molar-refractivity contribution is 14.1. The zero-order valence-corrected chi connectivity index (χ0v) is 13.2. The van der Waals surface area contributed by atoms with Crippen molar-refractivity contribution in [1.82, 2.24) is 5.32 Å². The van der Waals surface area contributed by atoms with E-state index in [1.165, 1.54) is 0 Å². The molecule has 0 saturated carbocycles. The molecular formula is C14H11BrINO.